The van der Waals surface area contributed by atoms with Crippen molar-refractivity contribution in [3.63, 3.8) is 0 Å². The zero-order chi connectivity index (χ0) is 21.0. The third kappa shape index (κ3) is 4.85. The van der Waals surface area contributed by atoms with Crippen molar-refractivity contribution in [1.82, 2.24) is 5.32 Å². The van der Waals surface area contributed by atoms with E-state index in [1.54, 1.807) is 17.0 Å². The van der Waals surface area contributed by atoms with Crippen LogP contribution in [0.25, 0.3) is 0 Å². The summed E-state index contributed by atoms with van der Waals surface area (Å²) in [5.74, 6) is -0.446. The van der Waals surface area contributed by atoms with E-state index >= 15 is 0 Å². The maximum atomic E-state index is 13.1. The number of rotatable bonds is 6. The van der Waals surface area contributed by atoms with Crippen LogP contribution in [0, 0.1) is 12.7 Å². The lowest BCUT2D eigenvalue weighted by molar-refractivity contribution is -0.117. The van der Waals surface area contributed by atoms with Crippen LogP contribution in [-0.2, 0) is 4.79 Å². The number of hydrogen-bond acceptors (Lipinski definition) is 3. The minimum atomic E-state index is -0.350. The normalized spacial score (nSPS) is 16.1. The summed E-state index contributed by atoms with van der Waals surface area (Å²) in [6, 6.07) is 11.1. The van der Waals surface area contributed by atoms with Gasteiger partial charge in [-0.1, -0.05) is 0 Å². The second-order valence-corrected chi connectivity index (χ2v) is 7.15. The molecule has 1 fully saturated rings. The SMILES string of the molecule is CCN(CC)c1ccc(NC(=O)N[C@@H]2CC(=O)N(c3ccc(F)cc3)C2)c(C)c1. The molecule has 29 heavy (non-hydrogen) atoms. The number of nitrogens with one attached hydrogen (secondary N) is 2. The van der Waals surface area contributed by atoms with Crippen molar-refractivity contribution in [3.05, 3.63) is 53.8 Å². The Morgan fingerprint density at radius 1 is 1.17 bits per heavy atom. The van der Waals surface area contributed by atoms with E-state index in [9.17, 15) is 14.0 Å². The van der Waals surface area contributed by atoms with Gasteiger partial charge in [-0.05, 0) is 68.8 Å². The highest BCUT2D eigenvalue weighted by Gasteiger charge is 2.31. The Hall–Kier alpha value is -3.09. The van der Waals surface area contributed by atoms with Gasteiger partial charge in [-0.15, -0.1) is 0 Å². The van der Waals surface area contributed by atoms with Crippen LogP contribution in [0.4, 0.5) is 26.2 Å². The number of carbonyl (C=O) groups excluding carboxylic acids is 2. The summed E-state index contributed by atoms with van der Waals surface area (Å²) in [6.45, 7) is 8.37. The fourth-order valence-electron chi connectivity index (χ4n) is 3.59. The first-order chi connectivity index (χ1) is 13.9. The van der Waals surface area contributed by atoms with Crippen LogP contribution < -0.4 is 20.4 Å². The van der Waals surface area contributed by atoms with Gasteiger partial charge in [-0.3, -0.25) is 4.79 Å². The van der Waals surface area contributed by atoms with Gasteiger partial charge in [0.1, 0.15) is 5.82 Å². The molecule has 1 atom stereocenters. The van der Waals surface area contributed by atoms with Gasteiger partial charge < -0.3 is 20.4 Å². The molecular formula is C22H27FN4O2. The monoisotopic (exact) mass is 398 g/mol. The average molecular weight is 398 g/mol. The number of nitrogens with zero attached hydrogens (tertiary/aromatic N) is 2. The van der Waals surface area contributed by atoms with E-state index in [-0.39, 0.29) is 30.2 Å². The molecule has 3 rings (SSSR count). The van der Waals surface area contributed by atoms with E-state index in [1.165, 1.54) is 12.1 Å². The summed E-state index contributed by atoms with van der Waals surface area (Å²) in [7, 11) is 0. The van der Waals surface area contributed by atoms with Gasteiger partial charge in [0.05, 0.1) is 6.04 Å². The minimum Gasteiger partial charge on any atom is -0.372 e. The van der Waals surface area contributed by atoms with Crippen molar-refractivity contribution in [2.24, 2.45) is 0 Å². The van der Waals surface area contributed by atoms with Crippen LogP contribution in [0.5, 0.6) is 0 Å². The first-order valence-electron chi connectivity index (χ1n) is 9.90. The fourth-order valence-corrected chi connectivity index (χ4v) is 3.59. The highest BCUT2D eigenvalue weighted by molar-refractivity contribution is 5.97. The van der Waals surface area contributed by atoms with Crippen molar-refractivity contribution < 1.29 is 14.0 Å². The molecule has 0 radical (unpaired) electrons. The molecule has 0 unspecified atom stereocenters. The Balaban J connectivity index is 1.60. The highest BCUT2D eigenvalue weighted by Crippen LogP contribution is 2.24. The first kappa shape index (κ1) is 20.6. The second-order valence-electron chi connectivity index (χ2n) is 7.15. The zero-order valence-corrected chi connectivity index (χ0v) is 17.0. The van der Waals surface area contributed by atoms with E-state index in [1.807, 2.05) is 19.1 Å². The molecule has 7 heteroatoms. The van der Waals surface area contributed by atoms with Crippen LogP contribution in [0.3, 0.4) is 0 Å². The molecule has 0 saturated carbocycles. The predicted octanol–water partition coefficient (Wildman–Crippen LogP) is 3.91. The fraction of sp³-hybridized carbons (Fsp3) is 0.364. The third-order valence-electron chi connectivity index (χ3n) is 5.19. The minimum absolute atomic E-state index is 0.0957. The van der Waals surface area contributed by atoms with E-state index in [2.05, 4.69) is 35.4 Å². The Labute approximate surface area is 170 Å². The van der Waals surface area contributed by atoms with Crippen molar-refractivity contribution in [1.29, 1.82) is 0 Å². The van der Waals surface area contributed by atoms with E-state index in [0.717, 1.165) is 30.0 Å². The Bertz CT molecular complexity index is 881. The van der Waals surface area contributed by atoms with Crippen LogP contribution in [-0.4, -0.2) is 37.6 Å². The Morgan fingerprint density at radius 3 is 2.48 bits per heavy atom. The summed E-state index contributed by atoms with van der Waals surface area (Å²) >= 11 is 0. The number of hydrogen-bond donors (Lipinski definition) is 2. The lowest BCUT2D eigenvalue weighted by Crippen LogP contribution is -2.39. The van der Waals surface area contributed by atoms with Crippen LogP contribution in [0.15, 0.2) is 42.5 Å². The number of carbonyl (C=O) groups is 2. The zero-order valence-electron chi connectivity index (χ0n) is 17.0. The maximum Gasteiger partial charge on any atom is 0.319 e. The molecular weight excluding hydrogens is 371 g/mol. The molecule has 3 amide bonds. The van der Waals surface area contributed by atoms with Crippen LogP contribution in [0.1, 0.15) is 25.8 Å². The molecule has 1 heterocycles. The van der Waals surface area contributed by atoms with Crippen molar-refractivity contribution >= 4 is 29.0 Å². The summed E-state index contributed by atoms with van der Waals surface area (Å²) in [6.07, 6.45) is 0.213. The highest BCUT2D eigenvalue weighted by atomic mass is 19.1. The lowest BCUT2D eigenvalue weighted by Gasteiger charge is -2.22. The molecule has 6 nitrogen and oxygen atoms in total. The van der Waals surface area contributed by atoms with Gasteiger partial charge in [-0.25, -0.2) is 9.18 Å². The number of urea groups is 1. The van der Waals surface area contributed by atoms with Crippen LogP contribution >= 0.6 is 0 Å². The topological polar surface area (TPSA) is 64.7 Å². The molecule has 1 aliphatic heterocycles. The predicted molar refractivity (Wildman–Crippen MR) is 114 cm³/mol. The largest absolute Gasteiger partial charge is 0.372 e. The van der Waals surface area contributed by atoms with Gasteiger partial charge in [0.15, 0.2) is 0 Å². The van der Waals surface area contributed by atoms with Gasteiger partial charge in [-0.2, -0.15) is 0 Å². The molecule has 1 saturated heterocycles. The van der Waals surface area contributed by atoms with Crippen molar-refractivity contribution in [2.45, 2.75) is 33.2 Å². The van der Waals surface area contributed by atoms with Crippen molar-refractivity contribution in [3.8, 4) is 0 Å². The average Bonchev–Trinajstić information content (AvgIpc) is 3.05. The molecule has 1 aliphatic rings. The summed E-state index contributed by atoms with van der Waals surface area (Å²) in [4.78, 5) is 28.5. The molecule has 0 spiro atoms. The van der Waals surface area contributed by atoms with Gasteiger partial charge in [0.25, 0.3) is 0 Å². The lowest BCUT2D eigenvalue weighted by atomic mass is 10.1. The molecule has 2 aromatic carbocycles. The van der Waals surface area contributed by atoms with Crippen molar-refractivity contribution in [2.75, 3.05) is 34.8 Å². The Morgan fingerprint density at radius 2 is 1.86 bits per heavy atom. The Kier molecular flexibility index (Phi) is 6.36. The number of halogens is 1. The molecule has 154 valence electrons. The summed E-state index contributed by atoms with van der Waals surface area (Å²) in [5.41, 5.74) is 3.46. The second kappa shape index (κ2) is 8.94. The van der Waals surface area contributed by atoms with Gasteiger partial charge in [0.2, 0.25) is 5.91 Å². The number of amides is 3. The first-order valence-corrected chi connectivity index (χ1v) is 9.90. The van der Waals surface area contributed by atoms with E-state index in [0.29, 0.717) is 12.2 Å². The molecule has 0 aliphatic carbocycles. The smallest absolute Gasteiger partial charge is 0.319 e. The summed E-state index contributed by atoms with van der Waals surface area (Å²) in [5, 5.41) is 5.73. The standard InChI is InChI=1S/C22H27FN4O2/c1-4-26(5-2)19-10-11-20(15(3)12-19)25-22(29)24-17-13-21(28)27(14-17)18-8-6-16(23)7-9-18/h6-12,17H,4-5,13-14H2,1-3H3,(H2,24,25,29)/t17-/m1/s1. The summed E-state index contributed by atoms with van der Waals surface area (Å²) < 4.78 is 13.1. The molecule has 2 aromatic rings. The van der Waals surface area contributed by atoms with Crippen LogP contribution in [0.2, 0.25) is 0 Å². The maximum absolute atomic E-state index is 13.1. The number of benzene rings is 2. The number of aryl methyl sites for hydroxylation is 1. The quantitative estimate of drug-likeness (QED) is 0.776. The number of anilines is 3. The van der Waals surface area contributed by atoms with E-state index < -0.39 is 0 Å². The van der Waals surface area contributed by atoms with Gasteiger partial charge in [0, 0.05) is 43.1 Å². The molecule has 0 bridgehead atoms. The third-order valence-corrected chi connectivity index (χ3v) is 5.19. The molecule has 2 N–H and O–H groups in total. The molecule has 0 aromatic heterocycles. The van der Waals surface area contributed by atoms with E-state index in [4.69, 9.17) is 0 Å². The van der Waals surface area contributed by atoms with Gasteiger partial charge >= 0.3 is 6.03 Å².